The molecule has 2 N–H and O–H groups in total. The van der Waals surface area contributed by atoms with E-state index < -0.39 is 0 Å². The molecule has 2 heterocycles. The smallest absolute Gasteiger partial charge is 0.269 e. The second-order valence-electron chi connectivity index (χ2n) is 5.59. The Labute approximate surface area is 140 Å². The average Bonchev–Trinajstić information content (AvgIpc) is 3.14. The van der Waals surface area contributed by atoms with E-state index in [1.807, 2.05) is 12.1 Å². The largest absolute Gasteiger partial charge is 0.376 e. The molecule has 0 aliphatic carbocycles. The highest BCUT2D eigenvalue weighted by Crippen LogP contribution is 2.16. The summed E-state index contributed by atoms with van der Waals surface area (Å²) in [6.07, 6.45) is 3.76. The van der Waals surface area contributed by atoms with Gasteiger partial charge in [0, 0.05) is 18.8 Å². The van der Waals surface area contributed by atoms with E-state index in [2.05, 4.69) is 21.7 Å². The number of hydrogen-bond acceptors (Lipinski definition) is 5. The third kappa shape index (κ3) is 4.09. The second kappa shape index (κ2) is 7.57. The summed E-state index contributed by atoms with van der Waals surface area (Å²) in [6.45, 7) is 1.29. The summed E-state index contributed by atoms with van der Waals surface area (Å²) in [6, 6.07) is 12.7. The van der Waals surface area contributed by atoms with E-state index in [1.165, 1.54) is 0 Å². The molecule has 3 rings (SSSR count). The van der Waals surface area contributed by atoms with Crippen LogP contribution in [0.3, 0.4) is 0 Å². The van der Waals surface area contributed by atoms with Gasteiger partial charge in [-0.25, -0.2) is 4.98 Å². The first kappa shape index (κ1) is 16.0. The van der Waals surface area contributed by atoms with Crippen molar-refractivity contribution in [1.29, 1.82) is 5.26 Å². The van der Waals surface area contributed by atoms with Gasteiger partial charge in [-0.2, -0.15) is 5.26 Å². The van der Waals surface area contributed by atoms with Crippen LogP contribution in [-0.4, -0.2) is 30.1 Å². The van der Waals surface area contributed by atoms with Crippen molar-refractivity contribution in [3.63, 3.8) is 0 Å². The number of nitrogens with zero attached hydrogens (tertiary/aromatic N) is 2. The molecule has 122 valence electrons. The number of amides is 1. The average molecular weight is 322 g/mol. The Hall–Kier alpha value is -2.91. The van der Waals surface area contributed by atoms with Gasteiger partial charge < -0.3 is 15.4 Å². The van der Waals surface area contributed by atoms with Crippen molar-refractivity contribution in [1.82, 2.24) is 10.3 Å². The minimum absolute atomic E-state index is 0.117. The predicted octanol–water partition coefficient (Wildman–Crippen LogP) is 2.61. The molecule has 1 amide bonds. The topological polar surface area (TPSA) is 87.0 Å². The zero-order chi connectivity index (χ0) is 16.8. The molecule has 0 radical (unpaired) electrons. The number of nitriles is 1. The van der Waals surface area contributed by atoms with E-state index in [-0.39, 0.29) is 12.0 Å². The van der Waals surface area contributed by atoms with Gasteiger partial charge in [0.1, 0.15) is 5.69 Å². The molecule has 0 spiro atoms. The number of hydrogen-bond donors (Lipinski definition) is 2. The molecule has 1 unspecified atom stereocenters. The minimum atomic E-state index is -0.199. The van der Waals surface area contributed by atoms with Crippen LogP contribution in [0.2, 0.25) is 0 Å². The van der Waals surface area contributed by atoms with Crippen LogP contribution < -0.4 is 10.6 Å². The van der Waals surface area contributed by atoms with Crippen LogP contribution in [0.1, 0.15) is 28.9 Å². The summed E-state index contributed by atoms with van der Waals surface area (Å²) in [7, 11) is 0. The van der Waals surface area contributed by atoms with E-state index >= 15 is 0 Å². The molecule has 1 aromatic heterocycles. The lowest BCUT2D eigenvalue weighted by Gasteiger charge is -2.11. The number of pyridine rings is 1. The molecule has 24 heavy (non-hydrogen) atoms. The maximum Gasteiger partial charge on any atom is 0.269 e. The molecule has 1 aliphatic heterocycles. The van der Waals surface area contributed by atoms with E-state index in [1.54, 1.807) is 30.5 Å². The summed E-state index contributed by atoms with van der Waals surface area (Å²) in [4.78, 5) is 16.2. The van der Waals surface area contributed by atoms with E-state index in [0.717, 1.165) is 30.8 Å². The van der Waals surface area contributed by atoms with Crippen LogP contribution in [0.25, 0.3) is 0 Å². The van der Waals surface area contributed by atoms with Gasteiger partial charge in [-0.3, -0.25) is 4.79 Å². The Morgan fingerprint density at radius 3 is 2.67 bits per heavy atom. The van der Waals surface area contributed by atoms with Gasteiger partial charge >= 0.3 is 0 Å². The second-order valence-corrected chi connectivity index (χ2v) is 5.59. The number of nitrogens with one attached hydrogen (secondary N) is 2. The van der Waals surface area contributed by atoms with Gasteiger partial charge in [0.2, 0.25) is 0 Å². The lowest BCUT2D eigenvalue weighted by Crippen LogP contribution is -2.32. The number of ether oxygens (including phenoxy) is 1. The Morgan fingerprint density at radius 2 is 2.04 bits per heavy atom. The van der Waals surface area contributed by atoms with Crippen LogP contribution in [0.5, 0.6) is 0 Å². The van der Waals surface area contributed by atoms with Crippen molar-refractivity contribution in [2.45, 2.75) is 18.9 Å². The van der Waals surface area contributed by atoms with E-state index in [4.69, 9.17) is 10.00 Å². The molecule has 1 aliphatic rings. The maximum atomic E-state index is 12.1. The van der Waals surface area contributed by atoms with Gasteiger partial charge in [-0.15, -0.1) is 0 Å². The van der Waals surface area contributed by atoms with E-state index in [9.17, 15) is 4.79 Å². The number of aromatic nitrogens is 1. The highest BCUT2D eigenvalue weighted by atomic mass is 16.5. The molecule has 1 aromatic carbocycles. The van der Waals surface area contributed by atoms with Crippen molar-refractivity contribution >= 4 is 17.3 Å². The van der Waals surface area contributed by atoms with Gasteiger partial charge in [-0.05, 0) is 49.2 Å². The highest BCUT2D eigenvalue weighted by molar-refractivity contribution is 5.92. The van der Waals surface area contributed by atoms with Crippen LogP contribution in [0.15, 0.2) is 42.6 Å². The number of rotatable bonds is 5. The molecule has 0 saturated carbocycles. The SMILES string of the molecule is N#Cc1ccc(Nc2ccc(C(=O)NCC3CCCO3)nc2)cc1. The third-order valence-electron chi connectivity index (χ3n) is 3.81. The molecule has 2 aromatic rings. The Morgan fingerprint density at radius 1 is 1.25 bits per heavy atom. The molecule has 6 heteroatoms. The van der Waals surface area contributed by atoms with Crippen molar-refractivity contribution in [2.24, 2.45) is 0 Å². The summed E-state index contributed by atoms with van der Waals surface area (Å²) < 4.78 is 5.48. The zero-order valence-corrected chi connectivity index (χ0v) is 13.2. The van der Waals surface area contributed by atoms with Crippen LogP contribution >= 0.6 is 0 Å². The number of benzene rings is 1. The fraction of sp³-hybridized carbons (Fsp3) is 0.278. The number of carbonyl (C=O) groups excluding carboxylic acids is 1. The lowest BCUT2D eigenvalue weighted by atomic mass is 10.2. The lowest BCUT2D eigenvalue weighted by molar-refractivity contribution is 0.0854. The van der Waals surface area contributed by atoms with Gasteiger partial charge in [0.25, 0.3) is 5.91 Å². The summed E-state index contributed by atoms with van der Waals surface area (Å²) in [5, 5.41) is 14.8. The van der Waals surface area contributed by atoms with Crippen molar-refractivity contribution < 1.29 is 9.53 Å². The van der Waals surface area contributed by atoms with Gasteiger partial charge in [0.05, 0.1) is 29.6 Å². The van der Waals surface area contributed by atoms with Crippen molar-refractivity contribution in [3.05, 3.63) is 53.9 Å². The number of anilines is 2. The summed E-state index contributed by atoms with van der Waals surface area (Å²) in [5.41, 5.74) is 2.61. The predicted molar refractivity (Wildman–Crippen MR) is 90.0 cm³/mol. The molecule has 1 atom stereocenters. The molecular formula is C18H18N4O2. The van der Waals surface area contributed by atoms with Crippen molar-refractivity contribution in [3.8, 4) is 6.07 Å². The Bertz CT molecular complexity index is 729. The van der Waals surface area contributed by atoms with E-state index in [0.29, 0.717) is 17.8 Å². The molecule has 6 nitrogen and oxygen atoms in total. The minimum Gasteiger partial charge on any atom is -0.376 e. The van der Waals surface area contributed by atoms with Gasteiger partial charge in [0.15, 0.2) is 0 Å². The van der Waals surface area contributed by atoms with Crippen LogP contribution in [0.4, 0.5) is 11.4 Å². The normalized spacial score (nSPS) is 16.4. The first-order valence-corrected chi connectivity index (χ1v) is 7.87. The first-order valence-electron chi connectivity index (χ1n) is 7.87. The van der Waals surface area contributed by atoms with Crippen LogP contribution in [0, 0.1) is 11.3 Å². The third-order valence-corrected chi connectivity index (χ3v) is 3.81. The monoisotopic (exact) mass is 322 g/mol. The Kier molecular flexibility index (Phi) is 5.04. The maximum absolute atomic E-state index is 12.1. The zero-order valence-electron chi connectivity index (χ0n) is 13.2. The molecule has 1 fully saturated rings. The fourth-order valence-corrected chi connectivity index (χ4v) is 2.50. The number of carbonyl (C=O) groups is 1. The Balaban J connectivity index is 1.55. The summed E-state index contributed by atoms with van der Waals surface area (Å²) >= 11 is 0. The molecule has 0 bridgehead atoms. The van der Waals surface area contributed by atoms with Crippen LogP contribution in [-0.2, 0) is 4.74 Å². The standard InChI is InChI=1S/C18H18N4O2/c19-10-13-3-5-14(6-4-13)22-15-7-8-17(20-11-15)18(23)21-12-16-2-1-9-24-16/h3-8,11,16,22H,1-2,9,12H2,(H,21,23). The van der Waals surface area contributed by atoms with Crippen molar-refractivity contribution in [2.75, 3.05) is 18.5 Å². The molecular weight excluding hydrogens is 304 g/mol. The molecule has 1 saturated heterocycles. The first-order chi connectivity index (χ1) is 11.7. The fourth-order valence-electron chi connectivity index (χ4n) is 2.50. The summed E-state index contributed by atoms with van der Waals surface area (Å²) in [5.74, 6) is -0.199. The van der Waals surface area contributed by atoms with Gasteiger partial charge in [-0.1, -0.05) is 0 Å². The quantitative estimate of drug-likeness (QED) is 0.883. The highest BCUT2D eigenvalue weighted by Gasteiger charge is 2.17.